The second-order valence-electron chi connectivity index (χ2n) is 16.8. The Morgan fingerprint density at radius 3 is 1.27 bits per heavy atom. The molecule has 30 nitrogen and oxygen atoms in total. The Bertz CT molecular complexity index is 1490. The van der Waals surface area contributed by atoms with Gasteiger partial charge in [0.1, 0.15) is 134 Å². The van der Waals surface area contributed by atoms with Crippen molar-refractivity contribution in [2.24, 2.45) is 5.73 Å². The molecule has 20 N–H and O–H groups in total. The lowest BCUT2D eigenvalue weighted by molar-refractivity contribution is -0.392. The van der Waals surface area contributed by atoms with Crippen LogP contribution in [0.15, 0.2) is 0 Å². The molecule has 0 aromatic carbocycles. The minimum atomic E-state index is -2.15. The summed E-state index contributed by atoms with van der Waals surface area (Å²) in [4.78, 5) is 0. The van der Waals surface area contributed by atoms with Crippen molar-refractivity contribution in [2.75, 3.05) is 33.0 Å². The van der Waals surface area contributed by atoms with Gasteiger partial charge in [-0.05, 0) is 6.92 Å². The second kappa shape index (κ2) is 22.9. The minimum Gasteiger partial charge on any atom is -0.394 e. The molecule has 0 aliphatic carbocycles. The highest BCUT2D eigenvalue weighted by Crippen LogP contribution is 2.36. The second-order valence-corrected chi connectivity index (χ2v) is 16.8. The molecule has 0 bridgehead atoms. The highest BCUT2D eigenvalue weighted by atomic mass is 16.8. The van der Waals surface area contributed by atoms with E-state index in [-0.39, 0.29) is 0 Å². The molecule has 0 aromatic heterocycles. The first-order chi connectivity index (χ1) is 31.2. The van der Waals surface area contributed by atoms with Crippen LogP contribution in [0.2, 0.25) is 0 Å². The maximum Gasteiger partial charge on any atom is 0.187 e. The van der Waals surface area contributed by atoms with Gasteiger partial charge in [-0.15, -0.1) is 0 Å². The summed E-state index contributed by atoms with van der Waals surface area (Å²) in [6.45, 7) is -3.36. The van der Waals surface area contributed by atoms with E-state index in [1.54, 1.807) is 0 Å². The van der Waals surface area contributed by atoms with Crippen molar-refractivity contribution >= 4 is 0 Å². The number of aliphatic hydroxyl groups is 18. The predicted octanol–water partition coefficient (Wildman–Crippen LogP) is -13.1. The molecule has 0 amide bonds. The van der Waals surface area contributed by atoms with Crippen LogP contribution in [0.1, 0.15) is 6.92 Å². The van der Waals surface area contributed by atoms with Crippen LogP contribution in [0.25, 0.3) is 0 Å². The summed E-state index contributed by atoms with van der Waals surface area (Å²) in [5, 5.41) is 190. The molecule has 18 unspecified atom stereocenters. The molecule has 0 aromatic rings. The average molecular weight is 974 g/mol. The molecule has 6 fully saturated rings. The highest BCUT2D eigenvalue weighted by molar-refractivity contribution is 5.00. The van der Waals surface area contributed by atoms with Gasteiger partial charge in [-0.1, -0.05) is 0 Å². The Hall–Kier alpha value is -1.20. The topological polar surface area (TPSA) is 492 Å². The Labute approximate surface area is 373 Å². The number of hydrogen-bond donors (Lipinski definition) is 19. The number of hydrogen-bond acceptors (Lipinski definition) is 30. The fraction of sp³-hybridized carbons (Fsp3) is 1.00. The lowest BCUT2D eigenvalue weighted by atomic mass is 9.94. The third-order valence-corrected chi connectivity index (χ3v) is 12.5. The summed E-state index contributed by atoms with van der Waals surface area (Å²) in [5.74, 6) is 0. The maximum absolute atomic E-state index is 11.5. The van der Waals surface area contributed by atoms with Crippen LogP contribution in [0, 0.1) is 0 Å². The molecule has 386 valence electrons. The summed E-state index contributed by atoms with van der Waals surface area (Å²) in [7, 11) is 0. The van der Waals surface area contributed by atoms with Crippen LogP contribution < -0.4 is 5.73 Å². The van der Waals surface area contributed by atoms with Gasteiger partial charge in [-0.3, -0.25) is 0 Å². The van der Waals surface area contributed by atoms with Crippen molar-refractivity contribution in [1.29, 1.82) is 0 Å². The van der Waals surface area contributed by atoms with Crippen molar-refractivity contribution in [3.8, 4) is 0 Å². The summed E-state index contributed by atoms with van der Waals surface area (Å²) >= 11 is 0. The van der Waals surface area contributed by atoms with Crippen LogP contribution in [0.4, 0.5) is 0 Å². The van der Waals surface area contributed by atoms with Crippen LogP contribution in [-0.2, 0) is 52.1 Å². The van der Waals surface area contributed by atoms with Gasteiger partial charge in [0, 0.05) is 0 Å². The van der Waals surface area contributed by atoms with E-state index in [1.165, 1.54) is 6.92 Å². The average Bonchev–Trinajstić information content (AvgIpc) is 3.30. The van der Waals surface area contributed by atoms with Gasteiger partial charge in [-0.25, -0.2) is 0 Å². The standard InChI is InChI=1S/C36H63NO29/c1-7-14(43)18(47)23(52)33(56-7)66-30-19(48)15(44)8(2-38)60-36(30)64-28-13(37)32(58-9(3-39)16(28)45)65-29-17(46)10(4-40)59-35(25(29)54)63-27-12(6-42)61-34(24(53)21(27)50)62-26-11(5-41)57-31(55)22(51)20(26)49/h7-36,38-55H,2-6,37H2,1H3/t7?,8?,9?,10?,11?,12?,13?,14-,15-,16-,17-,18?,19?,20?,21?,22?,23?,24?,25?,26+,27-,28?,29?,30?,31+,32-,33-,34-,35+,36-/m0/s1. The molecule has 0 radical (unpaired) electrons. The lowest BCUT2D eigenvalue weighted by Crippen LogP contribution is -2.69. The van der Waals surface area contributed by atoms with Crippen LogP contribution >= 0.6 is 0 Å². The van der Waals surface area contributed by atoms with E-state index in [1.807, 2.05) is 0 Å². The summed E-state index contributed by atoms with van der Waals surface area (Å²) in [6.07, 6.45) is -52.9. The first-order valence-corrected chi connectivity index (χ1v) is 21.1. The third kappa shape index (κ3) is 10.8. The van der Waals surface area contributed by atoms with Crippen LogP contribution in [0.5, 0.6) is 0 Å². The van der Waals surface area contributed by atoms with Gasteiger partial charge < -0.3 is 150 Å². The van der Waals surface area contributed by atoms with E-state index < -0.39 is 217 Å². The first kappa shape index (κ1) is 54.1. The number of aliphatic hydroxyl groups excluding tert-OH is 18. The maximum atomic E-state index is 11.5. The normalized spacial score (nSPS) is 54.0. The van der Waals surface area contributed by atoms with Crippen molar-refractivity contribution in [2.45, 2.75) is 191 Å². The van der Waals surface area contributed by atoms with Gasteiger partial charge in [0.15, 0.2) is 37.7 Å². The molecule has 0 spiro atoms. The zero-order chi connectivity index (χ0) is 48.6. The zero-order valence-electron chi connectivity index (χ0n) is 35.0. The Morgan fingerprint density at radius 2 is 0.697 bits per heavy atom. The molecular weight excluding hydrogens is 910 g/mol. The third-order valence-electron chi connectivity index (χ3n) is 12.5. The van der Waals surface area contributed by atoms with E-state index in [0.29, 0.717) is 0 Å². The predicted molar refractivity (Wildman–Crippen MR) is 200 cm³/mol. The molecule has 66 heavy (non-hydrogen) atoms. The molecule has 6 aliphatic rings. The van der Waals surface area contributed by atoms with E-state index in [0.717, 1.165) is 0 Å². The van der Waals surface area contributed by atoms with Crippen molar-refractivity contribution in [3.63, 3.8) is 0 Å². The lowest BCUT2D eigenvalue weighted by Gasteiger charge is -2.50. The number of nitrogens with two attached hydrogens (primary N) is 1. The van der Waals surface area contributed by atoms with Crippen molar-refractivity contribution in [1.82, 2.24) is 0 Å². The van der Waals surface area contributed by atoms with Gasteiger partial charge in [0.2, 0.25) is 0 Å². The van der Waals surface area contributed by atoms with Gasteiger partial charge in [0.25, 0.3) is 0 Å². The molecule has 30 atom stereocenters. The molecule has 0 saturated carbocycles. The monoisotopic (exact) mass is 973 g/mol. The van der Waals surface area contributed by atoms with Gasteiger partial charge in [-0.2, -0.15) is 0 Å². The summed E-state index contributed by atoms with van der Waals surface area (Å²) in [5.41, 5.74) is 6.47. The van der Waals surface area contributed by atoms with Gasteiger partial charge >= 0.3 is 0 Å². The molecule has 6 aliphatic heterocycles. The minimum absolute atomic E-state index is 0.860. The molecule has 6 rings (SSSR count). The van der Waals surface area contributed by atoms with E-state index in [2.05, 4.69) is 0 Å². The Morgan fingerprint density at radius 1 is 0.318 bits per heavy atom. The highest BCUT2D eigenvalue weighted by Gasteiger charge is 2.57. The molecule has 30 heteroatoms. The van der Waals surface area contributed by atoms with Gasteiger partial charge in [0.05, 0.1) is 45.2 Å². The number of rotatable bonds is 15. The molecular formula is C36H63NO29. The largest absolute Gasteiger partial charge is 0.394 e. The number of ether oxygens (including phenoxy) is 11. The summed E-state index contributed by atoms with van der Waals surface area (Å²) in [6, 6.07) is -1.73. The molecule has 6 heterocycles. The Kier molecular flexibility index (Phi) is 18.8. The molecule has 6 saturated heterocycles. The fourth-order valence-corrected chi connectivity index (χ4v) is 8.49. The van der Waals surface area contributed by atoms with Crippen molar-refractivity contribution in [3.05, 3.63) is 0 Å². The zero-order valence-corrected chi connectivity index (χ0v) is 35.0. The smallest absolute Gasteiger partial charge is 0.187 e. The SMILES string of the molecule is CC1O[C@@H](OC2C(O)[C@@H](O)C(CO)O[C@H]2OC2C(N)[C@H](OC3C(O)[C@@H](O[C@H]4C(CO)O[C@@H](O[C@@H]5C(CO)O[C@@H](O)C(O)C5O)C(O)C4O)OC(CO)[C@@H]3O)OC(CO)[C@@H]2O)C(O)C(O)[C@H]1O. The quantitative estimate of drug-likeness (QED) is 0.0724. The van der Waals surface area contributed by atoms with E-state index in [9.17, 15) is 91.9 Å². The van der Waals surface area contributed by atoms with Crippen LogP contribution in [0.3, 0.4) is 0 Å². The van der Waals surface area contributed by atoms with E-state index in [4.69, 9.17) is 57.8 Å². The van der Waals surface area contributed by atoms with Crippen molar-refractivity contribution < 1.29 is 144 Å². The Balaban J connectivity index is 1.18. The van der Waals surface area contributed by atoms with E-state index >= 15 is 0 Å². The summed E-state index contributed by atoms with van der Waals surface area (Å²) < 4.78 is 61.8. The first-order valence-electron chi connectivity index (χ1n) is 21.1. The fourth-order valence-electron chi connectivity index (χ4n) is 8.49. The van der Waals surface area contributed by atoms with Crippen LogP contribution in [-0.4, -0.2) is 309 Å².